The van der Waals surface area contributed by atoms with Gasteiger partial charge in [0.15, 0.2) is 0 Å². The van der Waals surface area contributed by atoms with Gasteiger partial charge in [-0.25, -0.2) is 4.79 Å². The van der Waals surface area contributed by atoms with Crippen molar-refractivity contribution in [1.82, 2.24) is 9.80 Å². The normalized spacial score (nSPS) is 26.3. The topological polar surface area (TPSA) is 79.3 Å². The van der Waals surface area contributed by atoms with Crippen molar-refractivity contribution in [2.75, 3.05) is 45.9 Å². The van der Waals surface area contributed by atoms with Crippen LogP contribution < -0.4 is 0 Å². The molecule has 1 N–H and O–H groups in total. The first-order valence-corrected chi connectivity index (χ1v) is 11.9. The Labute approximate surface area is 194 Å². The fraction of sp³-hybridized carbons (Fsp3) is 0.538. The summed E-state index contributed by atoms with van der Waals surface area (Å²) < 4.78 is 10.3. The first-order chi connectivity index (χ1) is 15.9. The number of aliphatic hydroxyl groups excluding tert-OH is 1. The highest BCUT2D eigenvalue weighted by Crippen LogP contribution is 2.36. The van der Waals surface area contributed by atoms with E-state index in [1.807, 2.05) is 25.1 Å². The van der Waals surface area contributed by atoms with Gasteiger partial charge >= 0.3 is 11.9 Å². The first kappa shape index (κ1) is 22.3. The molecule has 0 spiro atoms. The Balaban J connectivity index is 1.11. The van der Waals surface area contributed by atoms with E-state index in [4.69, 9.17) is 9.47 Å². The van der Waals surface area contributed by atoms with Crippen LogP contribution in [0.5, 0.6) is 0 Å². The molecule has 1 aliphatic carbocycles. The molecule has 4 aliphatic rings. The molecule has 176 valence electrons. The van der Waals surface area contributed by atoms with E-state index >= 15 is 0 Å². The van der Waals surface area contributed by atoms with Gasteiger partial charge in [0, 0.05) is 50.7 Å². The van der Waals surface area contributed by atoms with Crippen LogP contribution in [0.25, 0.3) is 0 Å². The molecule has 3 atom stereocenters. The molecule has 7 nitrogen and oxygen atoms in total. The summed E-state index contributed by atoms with van der Waals surface area (Å²) in [6, 6.07) is 4.09. The Morgan fingerprint density at radius 1 is 1.09 bits per heavy atom. The van der Waals surface area contributed by atoms with Gasteiger partial charge in [0.2, 0.25) is 0 Å². The average molecular weight is 453 g/mol. The lowest BCUT2D eigenvalue weighted by Gasteiger charge is -2.36. The van der Waals surface area contributed by atoms with Gasteiger partial charge in [0.1, 0.15) is 6.61 Å². The molecule has 1 aromatic carbocycles. The fourth-order valence-electron chi connectivity index (χ4n) is 5.49. The largest absolute Gasteiger partial charge is 0.465 e. The summed E-state index contributed by atoms with van der Waals surface area (Å²) in [5.74, 6) is -0.488. The molecule has 2 fully saturated rings. The molecule has 0 bridgehead atoms. The Kier molecular flexibility index (Phi) is 6.12. The van der Waals surface area contributed by atoms with E-state index in [2.05, 4.69) is 22.8 Å². The van der Waals surface area contributed by atoms with E-state index in [1.165, 1.54) is 5.56 Å². The molecular formula is C26H32N2O5. The van der Waals surface area contributed by atoms with Crippen molar-refractivity contribution >= 4 is 11.9 Å². The number of benzene rings is 1. The minimum absolute atomic E-state index is 0.0661. The van der Waals surface area contributed by atoms with Crippen molar-refractivity contribution in [3.05, 3.63) is 57.7 Å². The molecule has 7 heteroatoms. The van der Waals surface area contributed by atoms with E-state index in [1.54, 1.807) is 0 Å². The summed E-state index contributed by atoms with van der Waals surface area (Å²) in [5.41, 5.74) is 6.16. The zero-order valence-electron chi connectivity index (χ0n) is 19.4. The number of cyclic esters (lactones) is 2. The standard InChI is InChI=1S/C26H32N2O5/c1-16-11-22-19(14-32-26(22)31)12-18(16)5-6-27-7-9-28(10-8-27)13-24(29)20-3-4-21-23(17(20)2)15-33-25(21)30/h3-4,11-12,21,23-24,29H,5-10,13-15H2,1-2H3. The van der Waals surface area contributed by atoms with Crippen molar-refractivity contribution in [3.8, 4) is 0 Å². The maximum atomic E-state index is 11.8. The highest BCUT2D eigenvalue weighted by Gasteiger charge is 2.39. The lowest BCUT2D eigenvalue weighted by Crippen LogP contribution is -2.49. The monoisotopic (exact) mass is 452 g/mol. The number of β-amino-alcohol motifs (C(OH)–C–C–N with tert-alkyl or cyclic N) is 1. The minimum atomic E-state index is -0.552. The molecule has 5 rings (SSSR count). The van der Waals surface area contributed by atoms with Gasteiger partial charge in [-0.3, -0.25) is 9.69 Å². The number of esters is 2. The number of aliphatic hydroxyl groups is 1. The number of rotatable bonds is 6. The zero-order chi connectivity index (χ0) is 23.1. The SMILES string of the molecule is CC1=C(C(O)CN2CCN(CCc3cc4c(cc3C)C(=O)OC4)CC2)C=CC2C(=O)OCC12. The van der Waals surface area contributed by atoms with Crippen molar-refractivity contribution < 1.29 is 24.2 Å². The molecule has 1 aromatic rings. The number of piperazine rings is 1. The van der Waals surface area contributed by atoms with Crippen LogP contribution >= 0.6 is 0 Å². The highest BCUT2D eigenvalue weighted by molar-refractivity contribution is 5.93. The number of hydrogen-bond acceptors (Lipinski definition) is 7. The van der Waals surface area contributed by atoms with Crippen LogP contribution in [-0.2, 0) is 27.3 Å². The summed E-state index contributed by atoms with van der Waals surface area (Å²) in [7, 11) is 0. The van der Waals surface area contributed by atoms with Crippen LogP contribution in [0.4, 0.5) is 0 Å². The smallest absolute Gasteiger partial charge is 0.338 e. The second-order valence-electron chi connectivity index (χ2n) is 9.68. The van der Waals surface area contributed by atoms with Gasteiger partial charge < -0.3 is 19.5 Å². The summed E-state index contributed by atoms with van der Waals surface area (Å²) in [6.45, 7) is 10.3. The molecule has 3 aliphatic heterocycles. The summed E-state index contributed by atoms with van der Waals surface area (Å²) in [6.07, 6.45) is 4.22. The van der Waals surface area contributed by atoms with Gasteiger partial charge in [0.25, 0.3) is 0 Å². The van der Waals surface area contributed by atoms with Crippen LogP contribution in [0.15, 0.2) is 35.4 Å². The third kappa shape index (κ3) is 4.37. The molecule has 0 amide bonds. The van der Waals surface area contributed by atoms with Gasteiger partial charge in [-0.2, -0.15) is 0 Å². The average Bonchev–Trinajstić information content (AvgIpc) is 3.36. The molecule has 0 aromatic heterocycles. The van der Waals surface area contributed by atoms with Crippen LogP contribution in [0.3, 0.4) is 0 Å². The summed E-state index contributed by atoms with van der Waals surface area (Å²) >= 11 is 0. The van der Waals surface area contributed by atoms with E-state index in [-0.39, 0.29) is 23.8 Å². The fourth-order valence-corrected chi connectivity index (χ4v) is 5.49. The van der Waals surface area contributed by atoms with Crippen LogP contribution in [0, 0.1) is 18.8 Å². The van der Waals surface area contributed by atoms with Crippen molar-refractivity contribution in [2.24, 2.45) is 11.8 Å². The van der Waals surface area contributed by atoms with E-state index < -0.39 is 6.10 Å². The Morgan fingerprint density at radius 2 is 1.85 bits per heavy atom. The number of ether oxygens (including phenoxy) is 2. The third-order valence-electron chi connectivity index (χ3n) is 7.70. The zero-order valence-corrected chi connectivity index (χ0v) is 19.4. The predicted octanol–water partition coefficient (Wildman–Crippen LogP) is 1.86. The van der Waals surface area contributed by atoms with Crippen molar-refractivity contribution in [1.29, 1.82) is 0 Å². The molecule has 2 saturated heterocycles. The maximum absolute atomic E-state index is 11.8. The number of carbonyl (C=O) groups excluding carboxylic acids is 2. The quantitative estimate of drug-likeness (QED) is 0.660. The summed E-state index contributed by atoms with van der Waals surface area (Å²) in [4.78, 5) is 28.3. The Hall–Kier alpha value is -2.48. The molecular weight excluding hydrogens is 420 g/mol. The lowest BCUT2D eigenvalue weighted by molar-refractivity contribution is -0.140. The van der Waals surface area contributed by atoms with E-state index in [9.17, 15) is 14.7 Å². The molecule has 3 unspecified atom stereocenters. The Bertz CT molecular complexity index is 1020. The maximum Gasteiger partial charge on any atom is 0.338 e. The number of carbonyl (C=O) groups is 2. The first-order valence-electron chi connectivity index (χ1n) is 11.9. The number of aryl methyl sites for hydroxylation is 1. The molecule has 0 saturated carbocycles. The van der Waals surface area contributed by atoms with Crippen molar-refractivity contribution in [2.45, 2.75) is 33.0 Å². The van der Waals surface area contributed by atoms with Gasteiger partial charge in [-0.05, 0) is 43.0 Å². The predicted molar refractivity (Wildman–Crippen MR) is 123 cm³/mol. The molecule has 3 heterocycles. The number of nitrogens with zero attached hydrogens (tertiary/aromatic N) is 2. The molecule has 0 radical (unpaired) electrons. The number of fused-ring (bicyclic) bond motifs is 2. The lowest BCUT2D eigenvalue weighted by atomic mass is 9.80. The van der Waals surface area contributed by atoms with Gasteiger partial charge in [-0.1, -0.05) is 23.8 Å². The third-order valence-corrected chi connectivity index (χ3v) is 7.70. The number of hydrogen-bond donors (Lipinski definition) is 1. The second kappa shape index (κ2) is 9.05. The van der Waals surface area contributed by atoms with Gasteiger partial charge in [0.05, 0.1) is 24.2 Å². The minimum Gasteiger partial charge on any atom is -0.465 e. The van der Waals surface area contributed by atoms with Crippen LogP contribution in [-0.4, -0.2) is 78.8 Å². The summed E-state index contributed by atoms with van der Waals surface area (Å²) in [5, 5.41) is 10.9. The van der Waals surface area contributed by atoms with Crippen molar-refractivity contribution in [3.63, 3.8) is 0 Å². The van der Waals surface area contributed by atoms with Crippen LogP contribution in [0.2, 0.25) is 0 Å². The molecule has 33 heavy (non-hydrogen) atoms. The van der Waals surface area contributed by atoms with E-state index in [0.29, 0.717) is 25.3 Å². The Morgan fingerprint density at radius 3 is 2.64 bits per heavy atom. The highest BCUT2D eigenvalue weighted by atomic mass is 16.5. The van der Waals surface area contributed by atoms with E-state index in [0.717, 1.165) is 61.4 Å². The van der Waals surface area contributed by atoms with Gasteiger partial charge in [-0.15, -0.1) is 0 Å². The van der Waals surface area contributed by atoms with Crippen LogP contribution in [0.1, 0.15) is 34.0 Å². The second-order valence-corrected chi connectivity index (χ2v) is 9.68.